The van der Waals surface area contributed by atoms with E-state index in [1.54, 1.807) is 0 Å². The number of oxime groups is 1. The SMILES string of the molecule is Cl.Cn1c[n+](C)cc1-c1ccc(/C(N)=N/O)cc1.[Cl-]. The van der Waals surface area contributed by atoms with E-state index in [2.05, 4.69) is 5.16 Å². The zero-order valence-corrected chi connectivity index (χ0v) is 12.2. The number of nitrogens with zero attached hydrogens (tertiary/aromatic N) is 3. The fourth-order valence-corrected chi connectivity index (χ4v) is 1.80. The van der Waals surface area contributed by atoms with Crippen LogP contribution in [0.4, 0.5) is 0 Å². The molecule has 0 fully saturated rings. The van der Waals surface area contributed by atoms with Gasteiger partial charge < -0.3 is 23.3 Å². The number of imidazole rings is 1. The van der Waals surface area contributed by atoms with E-state index in [1.807, 2.05) is 60.0 Å². The van der Waals surface area contributed by atoms with Crippen molar-refractivity contribution in [1.29, 1.82) is 0 Å². The fraction of sp³-hybridized carbons (Fsp3) is 0.167. The van der Waals surface area contributed by atoms with Gasteiger partial charge in [0.2, 0.25) is 6.33 Å². The predicted molar refractivity (Wildman–Crippen MR) is 71.8 cm³/mol. The summed E-state index contributed by atoms with van der Waals surface area (Å²) in [6, 6.07) is 7.56. The highest BCUT2D eigenvalue weighted by atomic mass is 35.5. The Labute approximate surface area is 124 Å². The molecule has 0 radical (unpaired) electrons. The molecule has 0 spiro atoms. The Hall–Kier alpha value is -1.72. The van der Waals surface area contributed by atoms with Crippen molar-refractivity contribution in [3.8, 4) is 11.3 Å². The molecule has 0 bridgehead atoms. The van der Waals surface area contributed by atoms with Gasteiger partial charge in [-0.05, 0) is 12.1 Å². The lowest BCUT2D eigenvalue weighted by Gasteiger charge is -2.00. The molecule has 7 heteroatoms. The quantitative estimate of drug-likeness (QED) is 0.222. The minimum absolute atomic E-state index is 0. The number of amidine groups is 1. The molecule has 5 nitrogen and oxygen atoms in total. The number of aryl methyl sites for hydroxylation is 2. The molecule has 3 N–H and O–H groups in total. The average molecular weight is 303 g/mol. The first kappa shape index (κ1) is 17.3. The van der Waals surface area contributed by atoms with Crippen molar-refractivity contribution in [2.24, 2.45) is 25.0 Å². The number of rotatable bonds is 2. The molecule has 0 saturated carbocycles. The van der Waals surface area contributed by atoms with Crippen LogP contribution in [-0.2, 0) is 14.1 Å². The third-order valence-electron chi connectivity index (χ3n) is 2.65. The Kier molecular flexibility index (Phi) is 6.38. The minimum atomic E-state index is 0. The molecule has 1 aromatic carbocycles. The van der Waals surface area contributed by atoms with E-state index < -0.39 is 0 Å². The van der Waals surface area contributed by atoms with Crippen LogP contribution in [0, 0.1) is 0 Å². The predicted octanol–water partition coefficient (Wildman–Crippen LogP) is -1.96. The van der Waals surface area contributed by atoms with Gasteiger partial charge in [-0.25, -0.2) is 9.13 Å². The molecule has 1 aromatic heterocycles. The summed E-state index contributed by atoms with van der Waals surface area (Å²) in [6.07, 6.45) is 4.03. The molecule has 0 amide bonds. The molecule has 1 heterocycles. The van der Waals surface area contributed by atoms with Crippen LogP contribution >= 0.6 is 12.4 Å². The Morgan fingerprint density at radius 2 is 1.89 bits per heavy atom. The van der Waals surface area contributed by atoms with Gasteiger partial charge in [-0.2, -0.15) is 0 Å². The summed E-state index contributed by atoms with van der Waals surface area (Å²) >= 11 is 0. The van der Waals surface area contributed by atoms with Gasteiger partial charge in [0.1, 0.15) is 6.20 Å². The number of aromatic nitrogens is 2. The average Bonchev–Trinajstić information content (AvgIpc) is 2.68. The normalized spacial score (nSPS) is 10.5. The summed E-state index contributed by atoms with van der Waals surface area (Å²) in [4.78, 5) is 0. The second kappa shape index (κ2) is 7.01. The Morgan fingerprint density at radius 1 is 1.32 bits per heavy atom. The molecular weight excluding hydrogens is 287 g/mol. The molecule has 104 valence electrons. The van der Waals surface area contributed by atoms with Crippen LogP contribution in [-0.4, -0.2) is 15.6 Å². The standard InChI is InChI=1S/C12H14N4O.2ClH/c1-15-7-11(16(2)8-15)9-3-5-10(6-4-9)12(13)14-17;;/h3-8H,1-2H3,(H2-,13,14,17);2*1H. The number of halogens is 2. The van der Waals surface area contributed by atoms with E-state index in [4.69, 9.17) is 10.9 Å². The maximum atomic E-state index is 8.58. The lowest BCUT2D eigenvalue weighted by atomic mass is 10.1. The van der Waals surface area contributed by atoms with Crippen molar-refractivity contribution >= 4 is 18.2 Å². The van der Waals surface area contributed by atoms with Gasteiger partial charge in [-0.15, -0.1) is 12.4 Å². The highest BCUT2D eigenvalue weighted by Crippen LogP contribution is 2.17. The van der Waals surface area contributed by atoms with Gasteiger partial charge in [0.05, 0.1) is 14.1 Å². The summed E-state index contributed by atoms with van der Waals surface area (Å²) in [5.74, 6) is 0.119. The van der Waals surface area contributed by atoms with Crippen LogP contribution in [0.3, 0.4) is 0 Å². The van der Waals surface area contributed by atoms with Crippen molar-refractivity contribution in [2.45, 2.75) is 0 Å². The fourth-order valence-electron chi connectivity index (χ4n) is 1.80. The third-order valence-corrected chi connectivity index (χ3v) is 2.65. The third kappa shape index (κ3) is 3.62. The van der Waals surface area contributed by atoms with Crippen molar-refractivity contribution in [1.82, 2.24) is 4.57 Å². The summed E-state index contributed by atoms with van der Waals surface area (Å²) < 4.78 is 4.03. The van der Waals surface area contributed by atoms with E-state index in [9.17, 15) is 0 Å². The van der Waals surface area contributed by atoms with Gasteiger partial charge in [0, 0.05) is 11.1 Å². The molecule has 0 aliphatic carbocycles. The van der Waals surface area contributed by atoms with E-state index in [0.717, 1.165) is 11.3 Å². The molecule has 0 unspecified atom stereocenters. The first-order valence-electron chi connectivity index (χ1n) is 5.21. The van der Waals surface area contributed by atoms with E-state index >= 15 is 0 Å². The molecule has 0 atom stereocenters. The molecule has 19 heavy (non-hydrogen) atoms. The topological polar surface area (TPSA) is 67.4 Å². The highest BCUT2D eigenvalue weighted by molar-refractivity contribution is 5.97. The Balaban J connectivity index is 0.00000162. The largest absolute Gasteiger partial charge is 1.00 e. The van der Waals surface area contributed by atoms with Crippen LogP contribution in [0.5, 0.6) is 0 Å². The second-order valence-electron chi connectivity index (χ2n) is 3.97. The monoisotopic (exact) mass is 302 g/mol. The molecular formula is C12H16Cl2N4O. The molecule has 0 saturated heterocycles. The molecule has 0 aliphatic rings. The van der Waals surface area contributed by atoms with Gasteiger partial charge in [-0.1, -0.05) is 17.3 Å². The van der Waals surface area contributed by atoms with Crippen LogP contribution < -0.4 is 22.7 Å². The summed E-state index contributed by atoms with van der Waals surface area (Å²) in [5, 5.41) is 11.5. The first-order valence-corrected chi connectivity index (χ1v) is 5.21. The summed E-state index contributed by atoms with van der Waals surface area (Å²) in [7, 11) is 3.97. The van der Waals surface area contributed by atoms with Crippen molar-refractivity contribution in [2.75, 3.05) is 0 Å². The number of benzene rings is 1. The molecule has 2 aromatic rings. The zero-order chi connectivity index (χ0) is 12.4. The summed E-state index contributed by atoms with van der Waals surface area (Å²) in [5.41, 5.74) is 8.41. The maximum absolute atomic E-state index is 8.58. The lowest BCUT2D eigenvalue weighted by Crippen LogP contribution is -3.00. The zero-order valence-electron chi connectivity index (χ0n) is 10.6. The van der Waals surface area contributed by atoms with Crippen LogP contribution in [0.1, 0.15) is 5.56 Å². The Bertz CT molecular complexity index is 564. The van der Waals surface area contributed by atoms with Gasteiger partial charge in [-0.3, -0.25) is 0 Å². The van der Waals surface area contributed by atoms with Crippen molar-refractivity contribution < 1.29 is 22.2 Å². The van der Waals surface area contributed by atoms with Gasteiger partial charge in [0.15, 0.2) is 11.5 Å². The van der Waals surface area contributed by atoms with Crippen LogP contribution in [0.2, 0.25) is 0 Å². The second-order valence-corrected chi connectivity index (χ2v) is 3.97. The van der Waals surface area contributed by atoms with E-state index in [1.165, 1.54) is 0 Å². The Morgan fingerprint density at radius 3 is 2.32 bits per heavy atom. The van der Waals surface area contributed by atoms with E-state index in [0.29, 0.717) is 5.56 Å². The van der Waals surface area contributed by atoms with Crippen LogP contribution in [0.15, 0.2) is 41.9 Å². The molecule has 0 aliphatic heterocycles. The lowest BCUT2D eigenvalue weighted by molar-refractivity contribution is -0.670. The molecule has 2 rings (SSSR count). The first-order chi connectivity index (χ1) is 8.11. The van der Waals surface area contributed by atoms with Crippen molar-refractivity contribution in [3.63, 3.8) is 0 Å². The summed E-state index contributed by atoms with van der Waals surface area (Å²) in [6.45, 7) is 0. The maximum Gasteiger partial charge on any atom is 0.243 e. The number of hydrogen-bond donors (Lipinski definition) is 2. The smallest absolute Gasteiger partial charge is 0.243 e. The van der Waals surface area contributed by atoms with Crippen molar-refractivity contribution in [3.05, 3.63) is 42.4 Å². The van der Waals surface area contributed by atoms with Gasteiger partial charge in [0.25, 0.3) is 0 Å². The highest BCUT2D eigenvalue weighted by Gasteiger charge is 2.10. The minimum Gasteiger partial charge on any atom is -1.00 e. The van der Waals surface area contributed by atoms with E-state index in [-0.39, 0.29) is 30.6 Å². The number of nitrogens with two attached hydrogens (primary N) is 1. The van der Waals surface area contributed by atoms with Gasteiger partial charge >= 0.3 is 0 Å². The van der Waals surface area contributed by atoms with Crippen LogP contribution in [0.25, 0.3) is 11.3 Å². The number of hydrogen-bond acceptors (Lipinski definition) is 2.